The zero-order valence-corrected chi connectivity index (χ0v) is 14.8. The second-order valence-electron chi connectivity index (χ2n) is 5.44. The lowest BCUT2D eigenvalue weighted by Crippen LogP contribution is -2.29. The SMILES string of the molecule is C=C(NC(=O)Nc1cc(-c2cc(C=N)c(/C=C\C)[nH]c2=O)ccc1F)OC=O. The minimum atomic E-state index is -0.888. The third kappa shape index (κ3) is 4.79. The molecule has 0 fully saturated rings. The molecule has 1 heterocycles. The molecule has 1 aromatic carbocycles. The predicted molar refractivity (Wildman–Crippen MR) is 103 cm³/mol. The van der Waals surface area contributed by atoms with Crippen molar-refractivity contribution in [3.05, 3.63) is 70.2 Å². The van der Waals surface area contributed by atoms with Crippen LogP contribution in [0.1, 0.15) is 18.2 Å². The highest BCUT2D eigenvalue weighted by Crippen LogP contribution is 2.24. The van der Waals surface area contributed by atoms with Crippen LogP contribution < -0.4 is 16.2 Å². The van der Waals surface area contributed by atoms with Crippen molar-refractivity contribution in [2.45, 2.75) is 6.92 Å². The number of anilines is 1. The van der Waals surface area contributed by atoms with E-state index in [0.717, 1.165) is 12.3 Å². The number of nitrogens with one attached hydrogen (secondary N) is 4. The summed E-state index contributed by atoms with van der Waals surface area (Å²) in [5, 5.41) is 11.8. The number of urea groups is 1. The lowest BCUT2D eigenvalue weighted by molar-refractivity contribution is -0.125. The van der Waals surface area contributed by atoms with Crippen molar-refractivity contribution in [1.29, 1.82) is 5.41 Å². The molecule has 1 aromatic heterocycles. The maximum absolute atomic E-state index is 14.1. The van der Waals surface area contributed by atoms with Crippen molar-refractivity contribution in [2.75, 3.05) is 5.32 Å². The number of benzene rings is 1. The number of pyridine rings is 1. The highest BCUT2D eigenvalue weighted by Gasteiger charge is 2.13. The zero-order chi connectivity index (χ0) is 20.7. The third-order valence-electron chi connectivity index (χ3n) is 3.56. The topological polar surface area (TPSA) is 124 Å². The molecule has 0 aliphatic rings. The number of rotatable bonds is 7. The maximum atomic E-state index is 14.1. The number of aromatic nitrogens is 1. The van der Waals surface area contributed by atoms with E-state index in [1.54, 1.807) is 19.1 Å². The van der Waals surface area contributed by atoms with Gasteiger partial charge in [0.1, 0.15) is 5.82 Å². The molecule has 2 rings (SSSR count). The molecular formula is C19H17FN4O4. The van der Waals surface area contributed by atoms with E-state index < -0.39 is 17.4 Å². The summed E-state index contributed by atoms with van der Waals surface area (Å²) in [4.78, 5) is 37.1. The first-order chi connectivity index (χ1) is 13.4. The van der Waals surface area contributed by atoms with Crippen LogP contribution in [0, 0.1) is 11.2 Å². The van der Waals surface area contributed by atoms with Crippen LogP contribution >= 0.6 is 0 Å². The number of halogens is 1. The Morgan fingerprint density at radius 3 is 2.75 bits per heavy atom. The fraction of sp³-hybridized carbons (Fsp3) is 0.0526. The number of aromatic amines is 1. The van der Waals surface area contributed by atoms with Crippen LogP contribution in [0.15, 0.2) is 47.6 Å². The van der Waals surface area contributed by atoms with Crippen LogP contribution in [0.25, 0.3) is 17.2 Å². The highest BCUT2D eigenvalue weighted by molar-refractivity contribution is 5.91. The molecule has 0 saturated heterocycles. The lowest BCUT2D eigenvalue weighted by atomic mass is 10.0. The minimum Gasteiger partial charge on any atom is -0.412 e. The van der Waals surface area contributed by atoms with Gasteiger partial charge in [-0.2, -0.15) is 0 Å². The van der Waals surface area contributed by atoms with E-state index in [1.165, 1.54) is 18.2 Å². The van der Waals surface area contributed by atoms with Gasteiger partial charge in [0.15, 0.2) is 5.88 Å². The Balaban J connectivity index is 2.39. The Hall–Kier alpha value is -4.01. The van der Waals surface area contributed by atoms with E-state index >= 15 is 0 Å². The average Bonchev–Trinajstić information content (AvgIpc) is 2.64. The molecule has 0 unspecified atom stereocenters. The first-order valence-corrected chi connectivity index (χ1v) is 7.97. The maximum Gasteiger partial charge on any atom is 0.326 e. The van der Waals surface area contributed by atoms with Gasteiger partial charge in [-0.25, -0.2) is 9.18 Å². The van der Waals surface area contributed by atoms with Crippen molar-refractivity contribution in [3.8, 4) is 11.1 Å². The van der Waals surface area contributed by atoms with Crippen molar-refractivity contribution in [3.63, 3.8) is 0 Å². The number of hydrogen-bond donors (Lipinski definition) is 4. The van der Waals surface area contributed by atoms with Gasteiger partial charge in [0.05, 0.1) is 5.69 Å². The Kier molecular flexibility index (Phi) is 6.58. The highest BCUT2D eigenvalue weighted by atomic mass is 19.1. The van der Waals surface area contributed by atoms with E-state index in [9.17, 15) is 18.8 Å². The Bertz CT molecular complexity index is 1030. The van der Waals surface area contributed by atoms with Crippen LogP contribution in [-0.4, -0.2) is 23.7 Å². The molecule has 0 saturated carbocycles. The molecule has 4 N–H and O–H groups in total. The van der Waals surface area contributed by atoms with Gasteiger partial charge in [-0.05, 0) is 43.3 Å². The molecule has 2 aromatic rings. The summed E-state index contributed by atoms with van der Waals surface area (Å²) in [6.07, 6.45) is 4.46. The quantitative estimate of drug-likeness (QED) is 0.333. The molecule has 9 heteroatoms. The zero-order valence-electron chi connectivity index (χ0n) is 14.8. The van der Waals surface area contributed by atoms with Gasteiger partial charge in [0, 0.05) is 23.0 Å². The van der Waals surface area contributed by atoms with Gasteiger partial charge in [-0.1, -0.05) is 12.1 Å². The van der Waals surface area contributed by atoms with Crippen LogP contribution in [0.2, 0.25) is 0 Å². The largest absolute Gasteiger partial charge is 0.412 e. The van der Waals surface area contributed by atoms with Crippen molar-refractivity contribution in [1.82, 2.24) is 10.3 Å². The van der Waals surface area contributed by atoms with Gasteiger partial charge in [-0.15, -0.1) is 0 Å². The van der Waals surface area contributed by atoms with Gasteiger partial charge in [0.2, 0.25) is 0 Å². The number of amides is 2. The van der Waals surface area contributed by atoms with E-state index in [2.05, 4.69) is 26.9 Å². The smallest absolute Gasteiger partial charge is 0.326 e. The number of ether oxygens (including phenoxy) is 1. The summed E-state index contributed by atoms with van der Waals surface area (Å²) < 4.78 is 18.4. The monoisotopic (exact) mass is 384 g/mol. The Morgan fingerprint density at radius 2 is 2.11 bits per heavy atom. The second-order valence-corrected chi connectivity index (χ2v) is 5.44. The van der Waals surface area contributed by atoms with Gasteiger partial charge >= 0.3 is 6.03 Å². The van der Waals surface area contributed by atoms with Gasteiger partial charge in [0.25, 0.3) is 12.0 Å². The number of hydrogen-bond acceptors (Lipinski definition) is 5. The third-order valence-corrected chi connectivity index (χ3v) is 3.56. The molecule has 0 radical (unpaired) electrons. The normalized spacial score (nSPS) is 10.4. The molecule has 0 aliphatic heterocycles. The number of allylic oxidation sites excluding steroid dienone is 1. The second kappa shape index (κ2) is 9.08. The average molecular weight is 384 g/mol. The summed E-state index contributed by atoms with van der Waals surface area (Å²) in [5.41, 5.74) is 0.821. The van der Waals surface area contributed by atoms with Crippen LogP contribution in [0.3, 0.4) is 0 Å². The summed E-state index contributed by atoms with van der Waals surface area (Å²) in [6, 6.07) is 4.34. The molecule has 0 spiro atoms. The number of carbonyl (C=O) groups is 2. The van der Waals surface area contributed by atoms with Gasteiger partial charge < -0.3 is 20.4 Å². The van der Waals surface area contributed by atoms with Gasteiger partial charge in [-0.3, -0.25) is 14.9 Å². The number of H-pyrrole nitrogens is 1. The fourth-order valence-electron chi connectivity index (χ4n) is 2.36. The molecule has 144 valence electrons. The molecular weight excluding hydrogens is 367 g/mol. The van der Waals surface area contributed by atoms with E-state index in [0.29, 0.717) is 16.8 Å². The molecule has 0 atom stereocenters. The first-order valence-electron chi connectivity index (χ1n) is 7.97. The summed E-state index contributed by atoms with van der Waals surface area (Å²) in [7, 11) is 0. The molecule has 28 heavy (non-hydrogen) atoms. The molecule has 0 bridgehead atoms. The Morgan fingerprint density at radius 1 is 1.36 bits per heavy atom. The van der Waals surface area contributed by atoms with Crippen LogP contribution in [0.4, 0.5) is 14.9 Å². The summed E-state index contributed by atoms with van der Waals surface area (Å²) in [6.45, 7) is 5.13. The summed E-state index contributed by atoms with van der Waals surface area (Å²) in [5.74, 6) is -1.08. The standard InChI is InChI=1S/C19H17FN4O4/c1-3-4-16-13(9-21)7-14(18(26)23-16)12-5-6-15(20)17(8-12)24-19(27)22-11(2)28-10-25/h3-10,21H,2H2,1H3,(H,23,26)(H2,22,24,27)/b4-3-,21-9?. The molecule has 8 nitrogen and oxygen atoms in total. The summed E-state index contributed by atoms with van der Waals surface area (Å²) >= 11 is 0. The van der Waals surface area contributed by atoms with E-state index in [-0.39, 0.29) is 23.6 Å². The van der Waals surface area contributed by atoms with Crippen molar-refractivity contribution >= 4 is 30.5 Å². The first kappa shape index (κ1) is 20.3. The minimum absolute atomic E-state index is 0.0778. The molecule has 0 aliphatic carbocycles. The van der Waals surface area contributed by atoms with Crippen molar-refractivity contribution in [2.24, 2.45) is 0 Å². The van der Waals surface area contributed by atoms with E-state index in [1.807, 2.05) is 0 Å². The van der Waals surface area contributed by atoms with Crippen molar-refractivity contribution < 1.29 is 18.7 Å². The molecule has 2 amide bonds. The number of carbonyl (C=O) groups excluding carboxylic acids is 2. The van der Waals surface area contributed by atoms with Crippen LogP contribution in [0.5, 0.6) is 0 Å². The van der Waals surface area contributed by atoms with Crippen LogP contribution in [-0.2, 0) is 9.53 Å². The fourth-order valence-corrected chi connectivity index (χ4v) is 2.36. The lowest BCUT2D eigenvalue weighted by Gasteiger charge is -2.11. The predicted octanol–water partition coefficient (Wildman–Crippen LogP) is 2.98. The van der Waals surface area contributed by atoms with E-state index in [4.69, 9.17) is 5.41 Å². The Labute approximate surface area is 159 Å².